The van der Waals surface area contributed by atoms with E-state index >= 15 is 0 Å². The molecule has 41 heavy (non-hydrogen) atoms. The zero-order chi connectivity index (χ0) is 29.4. The number of rotatable bonds is 7. The largest absolute Gasteiger partial charge is 0.496 e. The summed E-state index contributed by atoms with van der Waals surface area (Å²) in [5.41, 5.74) is 1.25. The molecule has 4 heterocycles. The summed E-state index contributed by atoms with van der Waals surface area (Å²) in [6, 6.07) is 7.69. The van der Waals surface area contributed by atoms with Crippen LogP contribution in [0, 0.1) is 6.92 Å². The maximum atomic E-state index is 13.9. The average molecular weight is 722 g/mol. The van der Waals surface area contributed by atoms with Crippen LogP contribution in [-0.4, -0.2) is 34.2 Å². The van der Waals surface area contributed by atoms with Crippen LogP contribution in [0.25, 0.3) is 6.08 Å². The van der Waals surface area contributed by atoms with Gasteiger partial charge in [-0.3, -0.25) is 14.2 Å². The molecule has 0 saturated heterocycles. The number of hydrogen-bond acceptors (Lipinski definition) is 10. The molecule has 0 aliphatic carbocycles. The molecular weight excluding hydrogens is 700 g/mol. The highest BCUT2D eigenvalue weighted by Gasteiger charge is 2.35. The number of carbonyl (C=O) groups excluding carboxylic acids is 1. The lowest BCUT2D eigenvalue weighted by Gasteiger charge is -2.26. The van der Waals surface area contributed by atoms with E-state index in [-0.39, 0.29) is 23.3 Å². The van der Waals surface area contributed by atoms with Crippen LogP contribution in [0.1, 0.15) is 36.9 Å². The van der Waals surface area contributed by atoms with Crippen LogP contribution in [-0.2, 0) is 9.53 Å². The SMILES string of the molecule is CCOC(=O)C1=C(C)N=c2s/c(=C\c3cc(Br)c(Sc4nc(C)cc(=O)[nH]4)o3)c(=O)n2[C@@H]1c1cc(Br)ccc1OC. The summed E-state index contributed by atoms with van der Waals surface area (Å²) in [5, 5.41) is 0.830. The number of nitrogens with one attached hydrogen (secondary N) is 1. The summed E-state index contributed by atoms with van der Waals surface area (Å²) in [5.74, 6) is 0.343. The topological polar surface area (TPSA) is 129 Å². The molecule has 0 bridgehead atoms. The fourth-order valence-corrected chi connectivity index (χ4v) is 7.10. The first-order valence-corrected chi connectivity index (χ1v) is 15.4. The molecule has 1 aliphatic heterocycles. The Kier molecular flexibility index (Phi) is 8.55. The van der Waals surface area contributed by atoms with E-state index in [0.717, 1.165) is 16.2 Å². The Morgan fingerprint density at radius 3 is 2.73 bits per heavy atom. The number of aromatic nitrogens is 3. The van der Waals surface area contributed by atoms with Crippen LogP contribution < -0.4 is 25.2 Å². The second kappa shape index (κ2) is 12.0. The second-order valence-corrected chi connectivity index (χ2v) is 12.5. The summed E-state index contributed by atoms with van der Waals surface area (Å²) >= 11 is 9.30. The maximum absolute atomic E-state index is 13.9. The summed E-state index contributed by atoms with van der Waals surface area (Å²) < 4.78 is 20.2. The number of carbonyl (C=O) groups is 1. The molecule has 10 nitrogen and oxygen atoms in total. The highest BCUT2D eigenvalue weighted by atomic mass is 79.9. The fraction of sp³-hybridized carbons (Fsp3) is 0.222. The van der Waals surface area contributed by atoms with Gasteiger partial charge in [0.2, 0.25) is 0 Å². The van der Waals surface area contributed by atoms with E-state index in [2.05, 4.69) is 46.8 Å². The molecule has 0 saturated carbocycles. The number of ether oxygens (including phenoxy) is 2. The third-order valence-corrected chi connectivity index (χ3v) is 9.19. The van der Waals surface area contributed by atoms with Gasteiger partial charge >= 0.3 is 5.97 Å². The molecule has 0 radical (unpaired) electrons. The van der Waals surface area contributed by atoms with Crippen molar-refractivity contribution in [3.63, 3.8) is 0 Å². The minimum absolute atomic E-state index is 0.169. The predicted octanol–water partition coefficient (Wildman–Crippen LogP) is 4.47. The lowest BCUT2D eigenvalue weighted by Crippen LogP contribution is -2.40. The third kappa shape index (κ3) is 5.92. The molecule has 1 atom stereocenters. The molecule has 0 unspecified atom stereocenters. The Hall–Kier alpha value is -3.20. The molecule has 0 spiro atoms. The molecular formula is C27H22Br2N4O6S2. The first-order valence-electron chi connectivity index (χ1n) is 12.2. The maximum Gasteiger partial charge on any atom is 0.338 e. The molecule has 0 fully saturated rings. The van der Waals surface area contributed by atoms with Crippen molar-refractivity contribution in [2.24, 2.45) is 4.99 Å². The Morgan fingerprint density at radius 1 is 1.24 bits per heavy atom. The van der Waals surface area contributed by atoms with Gasteiger partial charge in [0.15, 0.2) is 15.1 Å². The molecule has 212 valence electrons. The van der Waals surface area contributed by atoms with Gasteiger partial charge < -0.3 is 18.9 Å². The van der Waals surface area contributed by atoms with Gasteiger partial charge in [-0.05, 0) is 72.7 Å². The Labute approximate surface area is 258 Å². The van der Waals surface area contributed by atoms with Crippen molar-refractivity contribution in [3.8, 4) is 5.75 Å². The predicted molar refractivity (Wildman–Crippen MR) is 161 cm³/mol. The summed E-state index contributed by atoms with van der Waals surface area (Å²) in [7, 11) is 1.53. The van der Waals surface area contributed by atoms with Crippen LogP contribution in [0.3, 0.4) is 0 Å². The lowest BCUT2D eigenvalue weighted by molar-refractivity contribution is -0.139. The number of esters is 1. The number of allylic oxidation sites excluding steroid dienone is 1. The van der Waals surface area contributed by atoms with Crippen molar-refractivity contribution in [1.82, 2.24) is 14.5 Å². The van der Waals surface area contributed by atoms with E-state index in [4.69, 9.17) is 13.9 Å². The number of halogens is 2. The van der Waals surface area contributed by atoms with E-state index < -0.39 is 12.0 Å². The third-order valence-electron chi connectivity index (χ3n) is 5.99. The summed E-state index contributed by atoms with van der Waals surface area (Å²) in [4.78, 5) is 50.9. The smallest absolute Gasteiger partial charge is 0.338 e. The first-order chi connectivity index (χ1) is 19.6. The van der Waals surface area contributed by atoms with Crippen LogP contribution in [0.5, 0.6) is 5.75 Å². The van der Waals surface area contributed by atoms with E-state index in [9.17, 15) is 14.4 Å². The normalized spacial score (nSPS) is 15.1. The van der Waals surface area contributed by atoms with Gasteiger partial charge in [-0.1, -0.05) is 27.3 Å². The number of thiazole rings is 1. The quantitative estimate of drug-likeness (QED) is 0.219. The molecule has 14 heteroatoms. The van der Waals surface area contributed by atoms with Gasteiger partial charge in [0, 0.05) is 27.9 Å². The number of nitrogens with zero attached hydrogens (tertiary/aromatic N) is 3. The van der Waals surface area contributed by atoms with Crippen LogP contribution in [0.2, 0.25) is 0 Å². The van der Waals surface area contributed by atoms with Crippen LogP contribution >= 0.6 is 55.0 Å². The number of hydrogen-bond donors (Lipinski definition) is 1. The van der Waals surface area contributed by atoms with Gasteiger partial charge in [0.1, 0.15) is 17.6 Å². The van der Waals surface area contributed by atoms with Crippen molar-refractivity contribution >= 4 is 67.0 Å². The lowest BCUT2D eigenvalue weighted by atomic mass is 9.95. The first kappa shape index (κ1) is 29.3. The van der Waals surface area contributed by atoms with Gasteiger partial charge in [0.05, 0.1) is 34.0 Å². The zero-order valence-corrected chi connectivity index (χ0v) is 26.9. The highest BCUT2D eigenvalue weighted by molar-refractivity contribution is 9.10. The molecule has 5 rings (SSSR count). The molecule has 4 aromatic rings. The van der Waals surface area contributed by atoms with Crippen LogP contribution in [0.4, 0.5) is 0 Å². The second-order valence-electron chi connectivity index (χ2n) is 8.77. The standard InChI is InChI=1S/C27H22Br2N4O6S2/c1-5-38-24(36)21-13(3)31-27-33(22(21)16-9-14(28)6-7-18(16)37-4)23(35)19(40-27)11-15-10-17(29)25(39-15)41-26-30-12(2)8-20(34)32-26/h6-11,22H,5H2,1-4H3,(H,30,32,34)/b19-11-/t22-/m1/s1. The van der Waals surface area contributed by atoms with E-state index in [1.54, 1.807) is 39.0 Å². The Morgan fingerprint density at radius 2 is 2.02 bits per heavy atom. The minimum atomic E-state index is -0.835. The molecule has 1 N–H and O–H groups in total. The van der Waals surface area contributed by atoms with Crippen molar-refractivity contribution in [2.75, 3.05) is 13.7 Å². The highest BCUT2D eigenvalue weighted by Crippen LogP contribution is 2.38. The summed E-state index contributed by atoms with van der Waals surface area (Å²) in [6.07, 6.45) is 1.61. The van der Waals surface area contributed by atoms with Crippen molar-refractivity contribution in [2.45, 2.75) is 37.1 Å². The Balaban J connectivity index is 1.64. The van der Waals surface area contributed by atoms with Gasteiger partial charge in [-0.2, -0.15) is 0 Å². The van der Waals surface area contributed by atoms with Gasteiger partial charge in [0.25, 0.3) is 11.1 Å². The zero-order valence-electron chi connectivity index (χ0n) is 22.1. The van der Waals surface area contributed by atoms with Crippen molar-refractivity contribution < 1.29 is 18.7 Å². The van der Waals surface area contributed by atoms with E-state index in [1.165, 1.54) is 29.1 Å². The van der Waals surface area contributed by atoms with Crippen LogP contribution in [0.15, 0.2) is 79.8 Å². The number of methoxy groups -OCH3 is 1. The van der Waals surface area contributed by atoms with E-state index in [0.29, 0.717) is 52.5 Å². The number of benzene rings is 1. The van der Waals surface area contributed by atoms with Gasteiger partial charge in [-0.25, -0.2) is 14.8 Å². The molecule has 1 aliphatic rings. The molecule has 0 amide bonds. The summed E-state index contributed by atoms with van der Waals surface area (Å²) in [6.45, 7) is 5.34. The number of fused-ring (bicyclic) bond motifs is 1. The molecule has 3 aromatic heterocycles. The van der Waals surface area contributed by atoms with Gasteiger partial charge in [-0.15, -0.1) is 0 Å². The number of furan rings is 1. The van der Waals surface area contributed by atoms with Crippen molar-refractivity contribution in [3.05, 3.63) is 97.6 Å². The minimum Gasteiger partial charge on any atom is -0.496 e. The monoisotopic (exact) mass is 720 g/mol. The van der Waals surface area contributed by atoms with Crippen molar-refractivity contribution in [1.29, 1.82) is 0 Å². The number of H-pyrrole nitrogens is 1. The molecule has 1 aromatic carbocycles. The Bertz CT molecular complexity index is 1960. The average Bonchev–Trinajstić information content (AvgIpc) is 3.40. The number of aryl methyl sites for hydroxylation is 1. The number of aromatic amines is 1. The van der Waals surface area contributed by atoms with E-state index in [1.807, 2.05) is 12.1 Å². The fourth-order valence-electron chi connectivity index (χ4n) is 4.33.